The van der Waals surface area contributed by atoms with Crippen LogP contribution in [0.1, 0.15) is 109 Å². The van der Waals surface area contributed by atoms with E-state index in [1.165, 1.54) is 11.3 Å². The standard InChI is InChI=1S/C41H52N4O7S2/c1-24(2)31-23-53-37(43-31)30-19-35(29-14-15-34(51-6)26(4)36(29)42-30)52-28-18-32-33(46)21-41(39(48)44-54(49,50)40(5)16-17-40)20-27(41)13-11-9-7-8-10-12-25(3)38(47)45(32)22-28/h11,13-15,19,23-25,27-28,32H,7-10,12,16-18,20-22H2,1-6H3,(H,44,48)/b13-11-/t25-,27+,28+,32-,41+/m0/s1. The van der Waals surface area contributed by atoms with Gasteiger partial charge in [0, 0.05) is 41.2 Å². The smallest absolute Gasteiger partial charge is 0.240 e. The molecule has 3 aromatic rings. The molecule has 2 aromatic heterocycles. The molecule has 2 aliphatic heterocycles. The van der Waals surface area contributed by atoms with E-state index in [1.54, 1.807) is 18.9 Å². The van der Waals surface area contributed by atoms with Crippen LogP contribution in [-0.2, 0) is 24.4 Å². The Morgan fingerprint density at radius 2 is 1.89 bits per heavy atom. The number of aromatic nitrogens is 2. The number of carbonyl (C=O) groups is 3. The van der Waals surface area contributed by atoms with Crippen molar-refractivity contribution in [2.75, 3.05) is 13.7 Å². The molecule has 1 saturated heterocycles. The minimum Gasteiger partial charge on any atom is -0.496 e. The number of aryl methyl sites for hydroxylation is 1. The Bertz CT molecular complexity index is 2110. The van der Waals surface area contributed by atoms with Gasteiger partial charge < -0.3 is 14.4 Å². The SMILES string of the molecule is COc1ccc2c(O[C@@H]3C[C@H]4C(=O)C[C@]5(C(=O)NS(=O)(=O)C6(C)CC6)C[C@H]5/C=C\CCCCC[C@H](C)C(=O)N4C3)cc(-c3nc(C(C)C)cs3)nc2c1C. The maximum absolute atomic E-state index is 14.5. The van der Waals surface area contributed by atoms with Gasteiger partial charge in [-0.1, -0.05) is 45.8 Å². The van der Waals surface area contributed by atoms with Crippen LogP contribution in [0.4, 0.5) is 0 Å². The van der Waals surface area contributed by atoms with Gasteiger partial charge in [0.25, 0.3) is 0 Å². The summed E-state index contributed by atoms with van der Waals surface area (Å²) < 4.78 is 40.2. The number of amides is 2. The molecule has 0 spiro atoms. The first kappa shape index (κ1) is 38.4. The van der Waals surface area contributed by atoms with Crippen LogP contribution in [0.5, 0.6) is 11.5 Å². The summed E-state index contributed by atoms with van der Waals surface area (Å²) in [7, 11) is -2.27. The van der Waals surface area contributed by atoms with Crippen molar-refractivity contribution in [1.29, 1.82) is 0 Å². The van der Waals surface area contributed by atoms with Gasteiger partial charge in [0.05, 0.1) is 41.1 Å². The summed E-state index contributed by atoms with van der Waals surface area (Å²) in [6.07, 6.45) is 9.32. The number of hydrogen-bond acceptors (Lipinski definition) is 10. The molecule has 3 fully saturated rings. The average Bonchev–Trinajstić information content (AvgIpc) is 3.90. The fourth-order valence-corrected chi connectivity index (χ4v) is 10.3. The van der Waals surface area contributed by atoms with E-state index in [4.69, 9.17) is 19.4 Å². The number of methoxy groups -OCH3 is 1. The molecule has 2 amide bonds. The number of carbonyl (C=O) groups excluding carboxylic acids is 3. The molecule has 0 bridgehead atoms. The summed E-state index contributed by atoms with van der Waals surface area (Å²) in [5.74, 6) is 0.00634. The van der Waals surface area contributed by atoms with Crippen molar-refractivity contribution in [2.24, 2.45) is 17.3 Å². The summed E-state index contributed by atoms with van der Waals surface area (Å²) in [4.78, 5) is 54.1. The second kappa shape index (κ2) is 14.7. The molecule has 11 nitrogen and oxygen atoms in total. The molecule has 1 N–H and O–H groups in total. The number of pyridine rings is 1. The molecule has 4 aliphatic rings. The summed E-state index contributed by atoms with van der Waals surface area (Å²) in [5.41, 5.74) is 2.03. The molecule has 0 unspecified atom stereocenters. The number of ether oxygens (including phenoxy) is 2. The van der Waals surface area contributed by atoms with Crippen LogP contribution in [0.2, 0.25) is 0 Å². The van der Waals surface area contributed by atoms with E-state index in [9.17, 15) is 22.8 Å². The Kier molecular flexibility index (Phi) is 10.4. The van der Waals surface area contributed by atoms with Gasteiger partial charge in [-0.15, -0.1) is 11.3 Å². The number of hydrogen-bond donors (Lipinski definition) is 1. The number of ketones is 1. The third-order valence-electron chi connectivity index (χ3n) is 12.1. The van der Waals surface area contributed by atoms with E-state index >= 15 is 0 Å². The first-order valence-corrected chi connectivity index (χ1v) is 21.7. The Labute approximate surface area is 322 Å². The van der Waals surface area contributed by atoms with Gasteiger partial charge >= 0.3 is 0 Å². The lowest BCUT2D eigenvalue weighted by Gasteiger charge is -2.28. The lowest BCUT2D eigenvalue weighted by atomic mass is 9.91. The molecule has 1 aromatic carbocycles. The largest absolute Gasteiger partial charge is 0.496 e. The number of nitrogens with zero attached hydrogens (tertiary/aromatic N) is 3. The van der Waals surface area contributed by atoms with Crippen LogP contribution in [0, 0.1) is 24.2 Å². The first-order chi connectivity index (χ1) is 25.7. The number of rotatable bonds is 8. The van der Waals surface area contributed by atoms with Crippen LogP contribution >= 0.6 is 11.3 Å². The molecule has 2 aliphatic carbocycles. The summed E-state index contributed by atoms with van der Waals surface area (Å²) >= 11 is 1.52. The van der Waals surface area contributed by atoms with Crippen molar-refractivity contribution in [2.45, 2.75) is 122 Å². The minimum atomic E-state index is -3.90. The van der Waals surface area contributed by atoms with Gasteiger partial charge in [0.2, 0.25) is 21.8 Å². The molecular weight excluding hydrogens is 725 g/mol. The maximum atomic E-state index is 14.5. The Morgan fingerprint density at radius 3 is 2.59 bits per heavy atom. The highest BCUT2D eigenvalue weighted by Gasteiger charge is 2.62. The third kappa shape index (κ3) is 7.30. The van der Waals surface area contributed by atoms with E-state index in [0.29, 0.717) is 48.4 Å². The van der Waals surface area contributed by atoms with Crippen LogP contribution in [-0.4, -0.2) is 71.4 Å². The van der Waals surface area contributed by atoms with E-state index < -0.39 is 38.2 Å². The number of sulfonamides is 1. The number of nitrogens with one attached hydrogen (secondary N) is 1. The second-order valence-corrected chi connectivity index (χ2v) is 19.5. The predicted octanol–water partition coefficient (Wildman–Crippen LogP) is 7.27. The van der Waals surface area contributed by atoms with Crippen molar-refractivity contribution >= 4 is 49.9 Å². The molecule has 13 heteroatoms. The number of fused-ring (bicyclic) bond motifs is 3. The fraction of sp³-hybridized carbons (Fsp3) is 0.585. The lowest BCUT2D eigenvalue weighted by molar-refractivity contribution is -0.141. The zero-order valence-electron chi connectivity index (χ0n) is 32.1. The van der Waals surface area contributed by atoms with Crippen molar-refractivity contribution in [3.63, 3.8) is 0 Å². The monoisotopic (exact) mass is 776 g/mol. The topological polar surface area (TPSA) is 145 Å². The third-order valence-corrected chi connectivity index (χ3v) is 15.2. The molecule has 290 valence electrons. The molecule has 2 saturated carbocycles. The van der Waals surface area contributed by atoms with Crippen LogP contribution < -0.4 is 14.2 Å². The van der Waals surface area contributed by atoms with E-state index in [2.05, 4.69) is 24.6 Å². The zero-order chi connectivity index (χ0) is 38.6. The summed E-state index contributed by atoms with van der Waals surface area (Å²) in [5, 5.41) is 3.59. The molecule has 7 rings (SSSR count). The Balaban J connectivity index is 1.21. The zero-order valence-corrected chi connectivity index (χ0v) is 33.8. The highest BCUT2D eigenvalue weighted by atomic mass is 32.2. The van der Waals surface area contributed by atoms with E-state index in [0.717, 1.165) is 47.3 Å². The summed E-state index contributed by atoms with van der Waals surface area (Å²) in [6, 6.07) is 4.87. The average molecular weight is 777 g/mol. The van der Waals surface area contributed by atoms with Gasteiger partial charge in [-0.2, -0.15) is 0 Å². The quantitative estimate of drug-likeness (QED) is 0.234. The Hall–Kier alpha value is -3.84. The van der Waals surface area contributed by atoms with Gasteiger partial charge in [0.1, 0.15) is 28.3 Å². The van der Waals surface area contributed by atoms with Crippen molar-refractivity contribution in [3.8, 4) is 22.2 Å². The number of thiazole rings is 1. The van der Waals surface area contributed by atoms with E-state index in [1.807, 2.05) is 43.5 Å². The molecule has 54 heavy (non-hydrogen) atoms. The number of benzene rings is 1. The van der Waals surface area contributed by atoms with Crippen molar-refractivity contribution in [1.82, 2.24) is 19.6 Å². The van der Waals surface area contributed by atoms with Crippen molar-refractivity contribution in [3.05, 3.63) is 47.0 Å². The molecular formula is C41H52N4O7S2. The van der Waals surface area contributed by atoms with Gasteiger partial charge in [-0.25, -0.2) is 18.4 Å². The predicted molar refractivity (Wildman–Crippen MR) is 209 cm³/mol. The molecule has 5 atom stereocenters. The second-order valence-electron chi connectivity index (χ2n) is 16.5. The highest BCUT2D eigenvalue weighted by molar-refractivity contribution is 7.91. The van der Waals surface area contributed by atoms with Crippen molar-refractivity contribution < 1.29 is 32.3 Å². The van der Waals surface area contributed by atoms with Crippen LogP contribution in [0.25, 0.3) is 21.6 Å². The van der Waals surface area contributed by atoms with Gasteiger partial charge in [-0.3, -0.25) is 19.1 Å². The summed E-state index contributed by atoms with van der Waals surface area (Å²) in [6.45, 7) is 9.92. The van der Waals surface area contributed by atoms with Gasteiger partial charge in [-0.05, 0) is 76.3 Å². The van der Waals surface area contributed by atoms with Crippen LogP contribution in [0.3, 0.4) is 0 Å². The number of Topliss-reactive ketones (excluding diaryl/α,β-unsaturated/α-hetero) is 1. The minimum absolute atomic E-state index is 0.104. The lowest BCUT2D eigenvalue weighted by Crippen LogP contribution is -2.46. The van der Waals surface area contributed by atoms with Crippen LogP contribution in [0.15, 0.2) is 35.7 Å². The number of allylic oxidation sites excluding steroid dienone is 2. The Morgan fingerprint density at radius 1 is 1.11 bits per heavy atom. The fourth-order valence-electron chi connectivity index (χ4n) is 7.99. The normalized spacial score (nSPS) is 27.8. The maximum Gasteiger partial charge on any atom is 0.240 e. The first-order valence-electron chi connectivity index (χ1n) is 19.3. The van der Waals surface area contributed by atoms with E-state index in [-0.39, 0.29) is 48.8 Å². The highest BCUT2D eigenvalue weighted by Crippen LogP contribution is 2.57. The van der Waals surface area contributed by atoms with Gasteiger partial charge in [0.15, 0.2) is 5.78 Å². The molecule has 4 heterocycles. The molecule has 0 radical (unpaired) electrons.